The van der Waals surface area contributed by atoms with Crippen LogP contribution in [-0.4, -0.2) is 66.8 Å². The lowest BCUT2D eigenvalue weighted by atomic mass is 10.1. The van der Waals surface area contributed by atoms with Gasteiger partial charge in [-0.25, -0.2) is 15.0 Å². The Hall–Kier alpha value is -3.65. The molecule has 1 N–H and O–H groups in total. The number of fused-ring (bicyclic) bond motifs is 1. The Morgan fingerprint density at radius 3 is 2.62 bits per heavy atom. The fourth-order valence-corrected chi connectivity index (χ4v) is 5.21. The van der Waals surface area contributed by atoms with Gasteiger partial charge in [0.2, 0.25) is 5.91 Å². The number of pyridine rings is 1. The lowest BCUT2D eigenvalue weighted by Gasteiger charge is -2.38. The van der Waals surface area contributed by atoms with Gasteiger partial charge in [0.1, 0.15) is 11.6 Å². The largest absolute Gasteiger partial charge is 0.342 e. The van der Waals surface area contributed by atoms with Crippen molar-refractivity contribution in [2.45, 2.75) is 45.6 Å². The molecule has 1 unspecified atom stereocenters. The topological polar surface area (TPSA) is 90.9 Å². The van der Waals surface area contributed by atoms with E-state index < -0.39 is 0 Å². The second-order valence-electron chi connectivity index (χ2n) is 10.4. The molecular formula is C29H33N7O. The van der Waals surface area contributed by atoms with Crippen LogP contribution in [0.25, 0.3) is 22.3 Å². The maximum atomic E-state index is 12.5. The van der Waals surface area contributed by atoms with Gasteiger partial charge < -0.3 is 9.88 Å². The Morgan fingerprint density at radius 1 is 1.03 bits per heavy atom. The van der Waals surface area contributed by atoms with E-state index in [-0.39, 0.29) is 6.04 Å². The normalized spacial score (nSPS) is 17.3. The fraction of sp³-hybridized carbons (Fsp3) is 0.414. The maximum absolute atomic E-state index is 12.5. The van der Waals surface area contributed by atoms with Crippen molar-refractivity contribution < 1.29 is 4.79 Å². The number of piperazine rings is 1. The lowest BCUT2D eigenvalue weighted by molar-refractivity contribution is -0.133. The van der Waals surface area contributed by atoms with Crippen LogP contribution in [0.3, 0.4) is 0 Å². The molecule has 1 atom stereocenters. The lowest BCUT2D eigenvalue weighted by Crippen LogP contribution is -2.49. The van der Waals surface area contributed by atoms with Crippen molar-refractivity contribution in [1.29, 1.82) is 0 Å². The van der Waals surface area contributed by atoms with E-state index in [1.807, 2.05) is 25.3 Å². The summed E-state index contributed by atoms with van der Waals surface area (Å²) in [7, 11) is 0. The minimum Gasteiger partial charge on any atom is -0.342 e. The number of H-pyrrole nitrogens is 1. The zero-order chi connectivity index (χ0) is 25.4. The van der Waals surface area contributed by atoms with Crippen molar-refractivity contribution in [3.05, 3.63) is 71.7 Å². The summed E-state index contributed by atoms with van der Waals surface area (Å²) in [6.07, 6.45) is 7.52. The van der Waals surface area contributed by atoms with Crippen LogP contribution >= 0.6 is 0 Å². The monoisotopic (exact) mass is 495 g/mol. The summed E-state index contributed by atoms with van der Waals surface area (Å²) < 4.78 is 0. The number of amides is 1. The number of rotatable bonds is 7. The molecule has 1 amide bonds. The average molecular weight is 496 g/mol. The Labute approximate surface area is 217 Å². The summed E-state index contributed by atoms with van der Waals surface area (Å²) >= 11 is 0. The molecule has 0 bridgehead atoms. The van der Waals surface area contributed by atoms with E-state index in [1.54, 1.807) is 6.20 Å². The van der Waals surface area contributed by atoms with E-state index in [1.165, 1.54) is 18.4 Å². The third-order valence-electron chi connectivity index (χ3n) is 7.65. The molecule has 1 aliphatic carbocycles. The van der Waals surface area contributed by atoms with Gasteiger partial charge in [-0.15, -0.1) is 0 Å². The van der Waals surface area contributed by atoms with Crippen molar-refractivity contribution in [3.8, 4) is 11.3 Å². The first-order valence-corrected chi connectivity index (χ1v) is 13.3. The highest BCUT2D eigenvalue weighted by atomic mass is 16.2. The molecule has 2 aliphatic rings. The summed E-state index contributed by atoms with van der Waals surface area (Å²) in [5.74, 6) is 2.64. The van der Waals surface area contributed by atoms with E-state index in [0.717, 1.165) is 72.2 Å². The average Bonchev–Trinajstić information content (AvgIpc) is 3.64. The van der Waals surface area contributed by atoms with Gasteiger partial charge in [0.05, 0.1) is 16.7 Å². The molecule has 190 valence electrons. The second-order valence-corrected chi connectivity index (χ2v) is 10.4. The number of carbonyl (C=O) groups is 1. The molecule has 8 nitrogen and oxygen atoms in total. The number of imidazole rings is 1. The molecule has 1 aliphatic heterocycles. The van der Waals surface area contributed by atoms with Gasteiger partial charge in [-0.1, -0.05) is 6.07 Å². The highest BCUT2D eigenvalue weighted by molar-refractivity contribution is 5.81. The van der Waals surface area contributed by atoms with Crippen LogP contribution in [0.1, 0.15) is 55.1 Å². The van der Waals surface area contributed by atoms with Gasteiger partial charge in [-0.3, -0.25) is 14.7 Å². The molecule has 6 rings (SSSR count). The number of benzene rings is 1. The molecule has 1 saturated carbocycles. The minimum atomic E-state index is 0.275. The van der Waals surface area contributed by atoms with E-state index in [2.05, 4.69) is 60.9 Å². The van der Waals surface area contributed by atoms with Crippen LogP contribution in [0, 0.1) is 12.8 Å². The van der Waals surface area contributed by atoms with Crippen molar-refractivity contribution in [1.82, 2.24) is 34.7 Å². The number of aryl methyl sites for hydroxylation is 1. The molecule has 4 heterocycles. The molecule has 37 heavy (non-hydrogen) atoms. The molecule has 1 aromatic carbocycles. The van der Waals surface area contributed by atoms with Gasteiger partial charge >= 0.3 is 0 Å². The molecule has 2 fully saturated rings. The molecule has 4 aromatic rings. The fourth-order valence-electron chi connectivity index (χ4n) is 5.21. The predicted molar refractivity (Wildman–Crippen MR) is 143 cm³/mol. The smallest absolute Gasteiger partial charge is 0.222 e. The van der Waals surface area contributed by atoms with Crippen LogP contribution in [-0.2, 0) is 11.2 Å². The number of hydrogen-bond donors (Lipinski definition) is 1. The zero-order valence-corrected chi connectivity index (χ0v) is 21.5. The Morgan fingerprint density at radius 2 is 1.84 bits per heavy atom. The standard InChI is InChI=1S/C29H33N7O/c1-19(35-11-13-36(14-12-35)29(37)15-21-3-4-21)22-7-9-31-24(16-22)18-28-33-26-6-5-23(17-27(26)34-28)25-8-10-30-20(2)32-25/h5-10,16-17,19,21H,3-4,11-15,18H2,1-2H3,(H,33,34). The summed E-state index contributed by atoms with van der Waals surface area (Å²) in [4.78, 5) is 38.6. The summed E-state index contributed by atoms with van der Waals surface area (Å²) in [5.41, 5.74) is 6.11. The Bertz CT molecular complexity index is 1420. The number of aromatic amines is 1. The van der Waals surface area contributed by atoms with Gasteiger partial charge in [0, 0.05) is 68.7 Å². The van der Waals surface area contributed by atoms with Crippen molar-refractivity contribution in [2.24, 2.45) is 5.92 Å². The first-order valence-electron chi connectivity index (χ1n) is 13.3. The summed E-state index contributed by atoms with van der Waals surface area (Å²) in [6, 6.07) is 12.7. The van der Waals surface area contributed by atoms with Crippen LogP contribution < -0.4 is 0 Å². The molecule has 3 aromatic heterocycles. The Balaban J connectivity index is 1.12. The quantitative estimate of drug-likeness (QED) is 0.411. The molecule has 0 spiro atoms. The third kappa shape index (κ3) is 5.39. The molecule has 1 saturated heterocycles. The molecule has 8 heteroatoms. The van der Waals surface area contributed by atoms with Crippen LogP contribution in [0.4, 0.5) is 0 Å². The van der Waals surface area contributed by atoms with E-state index in [0.29, 0.717) is 18.2 Å². The highest BCUT2D eigenvalue weighted by Crippen LogP contribution is 2.33. The molecule has 0 radical (unpaired) electrons. The Kier molecular flexibility index (Phi) is 6.42. The summed E-state index contributed by atoms with van der Waals surface area (Å²) in [6.45, 7) is 7.61. The molecular weight excluding hydrogens is 462 g/mol. The number of nitrogens with zero attached hydrogens (tertiary/aromatic N) is 6. The number of hydrogen-bond acceptors (Lipinski definition) is 6. The predicted octanol–water partition coefficient (Wildman–Crippen LogP) is 4.32. The zero-order valence-electron chi connectivity index (χ0n) is 21.5. The van der Waals surface area contributed by atoms with Crippen molar-refractivity contribution >= 4 is 16.9 Å². The third-order valence-corrected chi connectivity index (χ3v) is 7.65. The number of carbonyl (C=O) groups excluding carboxylic acids is 1. The second kappa shape index (κ2) is 10.0. The van der Waals surface area contributed by atoms with Gasteiger partial charge in [0.15, 0.2) is 0 Å². The number of nitrogens with one attached hydrogen (secondary N) is 1. The van der Waals surface area contributed by atoms with Crippen LogP contribution in [0.5, 0.6) is 0 Å². The SMILES string of the molecule is Cc1nccc(-c2ccc3nc(Cc4cc(C(C)N5CCN(C(=O)CC6CC6)CC5)ccn4)[nH]c3c2)n1. The van der Waals surface area contributed by atoms with E-state index in [4.69, 9.17) is 4.98 Å². The van der Waals surface area contributed by atoms with E-state index in [9.17, 15) is 4.79 Å². The van der Waals surface area contributed by atoms with Crippen molar-refractivity contribution in [2.75, 3.05) is 26.2 Å². The van der Waals surface area contributed by atoms with Gasteiger partial charge in [-0.2, -0.15) is 0 Å². The first kappa shape index (κ1) is 23.7. The first-order chi connectivity index (χ1) is 18.0. The van der Waals surface area contributed by atoms with Crippen molar-refractivity contribution in [3.63, 3.8) is 0 Å². The highest BCUT2D eigenvalue weighted by Gasteiger charge is 2.29. The van der Waals surface area contributed by atoms with Crippen LogP contribution in [0.2, 0.25) is 0 Å². The van der Waals surface area contributed by atoms with Crippen LogP contribution in [0.15, 0.2) is 48.8 Å². The van der Waals surface area contributed by atoms with E-state index >= 15 is 0 Å². The van der Waals surface area contributed by atoms with Gasteiger partial charge in [-0.05, 0) is 68.5 Å². The summed E-state index contributed by atoms with van der Waals surface area (Å²) in [5, 5.41) is 0. The maximum Gasteiger partial charge on any atom is 0.222 e. The van der Waals surface area contributed by atoms with Gasteiger partial charge in [0.25, 0.3) is 0 Å². The minimum absolute atomic E-state index is 0.275. The number of aromatic nitrogens is 5.